The molecular formula is C29H38N8O6S. The van der Waals surface area contributed by atoms with Crippen molar-refractivity contribution in [2.24, 2.45) is 21.8 Å². The predicted octanol–water partition coefficient (Wildman–Crippen LogP) is 0.781. The maximum atomic E-state index is 13.3. The van der Waals surface area contributed by atoms with Crippen molar-refractivity contribution < 1.29 is 29.1 Å². The molecule has 1 aromatic carbocycles. The molecule has 8 N–H and O–H groups in total. The van der Waals surface area contributed by atoms with E-state index in [4.69, 9.17) is 21.0 Å². The van der Waals surface area contributed by atoms with Gasteiger partial charge in [0.1, 0.15) is 23.3 Å². The summed E-state index contributed by atoms with van der Waals surface area (Å²) in [6.45, 7) is 7.56. The lowest BCUT2D eigenvalue weighted by Crippen LogP contribution is -2.75. The van der Waals surface area contributed by atoms with Crippen LogP contribution in [0.25, 0.3) is 0 Å². The van der Waals surface area contributed by atoms with Crippen LogP contribution in [0.5, 0.6) is 5.75 Å². The summed E-state index contributed by atoms with van der Waals surface area (Å²) in [6.07, 6.45) is 1.97. The lowest BCUT2D eigenvalue weighted by atomic mass is 9.85. The third-order valence-electron chi connectivity index (χ3n) is 8.33. The molecule has 3 aliphatic rings. The highest BCUT2D eigenvalue weighted by atomic mass is 32.1. The van der Waals surface area contributed by atoms with Crippen molar-refractivity contribution in [1.82, 2.24) is 20.9 Å². The van der Waals surface area contributed by atoms with Crippen LogP contribution in [0.1, 0.15) is 56.9 Å². The molecule has 236 valence electrons. The van der Waals surface area contributed by atoms with Gasteiger partial charge in [0.15, 0.2) is 16.9 Å². The number of carbonyl (C=O) groups excluding carboxylic acids is 2. The number of β-lactam (4-membered cyclic amide) rings is 1. The summed E-state index contributed by atoms with van der Waals surface area (Å²) in [5.74, 6) is -0.890. The second-order valence-corrected chi connectivity index (χ2v) is 12.9. The van der Waals surface area contributed by atoms with Gasteiger partial charge in [-0.15, -0.1) is 11.3 Å². The van der Waals surface area contributed by atoms with Gasteiger partial charge in [0.25, 0.3) is 11.5 Å². The van der Waals surface area contributed by atoms with Gasteiger partial charge in [0, 0.05) is 17.5 Å². The molecular weight excluding hydrogens is 588 g/mol. The summed E-state index contributed by atoms with van der Waals surface area (Å²) < 4.78 is 6.13. The smallest absolute Gasteiger partial charge is 0.354 e. The molecule has 4 heterocycles. The van der Waals surface area contributed by atoms with E-state index in [0.717, 1.165) is 48.4 Å². The molecule has 0 aliphatic carbocycles. The number of carboxylic acids is 1. The van der Waals surface area contributed by atoms with Gasteiger partial charge >= 0.3 is 5.97 Å². The number of nitrogens with zero attached hydrogens (tertiary/aromatic N) is 3. The van der Waals surface area contributed by atoms with Crippen LogP contribution >= 0.6 is 11.3 Å². The van der Waals surface area contributed by atoms with Crippen LogP contribution < -0.4 is 32.2 Å². The number of oxime groups is 1. The number of nitrogen functional groups attached to an aromatic ring is 1. The van der Waals surface area contributed by atoms with E-state index in [-0.39, 0.29) is 22.4 Å². The fraction of sp³-hybridized carbons (Fsp3) is 0.517. The fourth-order valence-corrected chi connectivity index (χ4v) is 6.04. The predicted molar refractivity (Wildman–Crippen MR) is 165 cm³/mol. The summed E-state index contributed by atoms with van der Waals surface area (Å²) in [5.41, 5.74) is 10.8. The minimum atomic E-state index is -1.98. The van der Waals surface area contributed by atoms with E-state index < -0.39 is 35.2 Å². The zero-order valence-electron chi connectivity index (χ0n) is 24.9. The zero-order chi connectivity index (χ0) is 31.6. The molecule has 4 atom stereocenters. The topological polar surface area (TPSA) is 216 Å². The van der Waals surface area contributed by atoms with Crippen molar-refractivity contribution in [1.29, 1.82) is 0 Å². The number of aliphatic imine (C=N–C) groups is 1. The maximum Gasteiger partial charge on any atom is 0.354 e. The summed E-state index contributed by atoms with van der Waals surface area (Å²) >= 11 is 1.07. The molecule has 44 heavy (non-hydrogen) atoms. The second-order valence-electron chi connectivity index (χ2n) is 12.0. The molecule has 3 aliphatic heterocycles. The van der Waals surface area contributed by atoms with E-state index in [0.29, 0.717) is 36.9 Å². The fourth-order valence-electron chi connectivity index (χ4n) is 5.49. The number of carbonyl (C=O) groups is 3. The highest BCUT2D eigenvalue weighted by molar-refractivity contribution is 7.13. The number of ether oxygens (including phenoxy) is 1. The Kier molecular flexibility index (Phi) is 8.79. The quantitative estimate of drug-likeness (QED) is 0.0892. The second kappa shape index (κ2) is 12.4. The molecule has 15 heteroatoms. The number of aromatic nitrogens is 1. The van der Waals surface area contributed by atoms with Gasteiger partial charge in [0.05, 0.1) is 5.54 Å². The first-order valence-electron chi connectivity index (χ1n) is 14.5. The first kappa shape index (κ1) is 31.2. The Morgan fingerprint density at radius 1 is 1.34 bits per heavy atom. The molecule has 0 saturated carbocycles. The number of aryl methyl sites for hydroxylation is 1. The van der Waals surface area contributed by atoms with E-state index in [1.807, 2.05) is 6.07 Å². The van der Waals surface area contributed by atoms with Crippen molar-refractivity contribution in [3.63, 3.8) is 0 Å². The molecule has 2 saturated heterocycles. The summed E-state index contributed by atoms with van der Waals surface area (Å²) in [7, 11) is 0. The van der Waals surface area contributed by atoms with Crippen LogP contribution in [-0.2, 0) is 25.6 Å². The van der Waals surface area contributed by atoms with Crippen LogP contribution in [0.15, 0.2) is 33.7 Å². The number of rotatable bonds is 11. The number of fused-ring (bicyclic) bond motifs is 1. The van der Waals surface area contributed by atoms with Crippen molar-refractivity contribution in [3.8, 4) is 5.75 Å². The number of amides is 2. The van der Waals surface area contributed by atoms with Gasteiger partial charge in [-0.1, -0.05) is 5.16 Å². The van der Waals surface area contributed by atoms with Gasteiger partial charge in [-0.05, 0) is 89.2 Å². The highest BCUT2D eigenvalue weighted by Gasteiger charge is 2.50. The highest BCUT2D eigenvalue weighted by Crippen LogP contribution is 2.34. The van der Waals surface area contributed by atoms with E-state index in [9.17, 15) is 19.5 Å². The molecule has 2 amide bonds. The minimum Gasteiger partial charge on any atom is -0.485 e. The molecule has 2 fully saturated rings. The number of carboxylic acid groups (broad SMARTS) is 1. The third-order valence-corrected chi connectivity index (χ3v) is 9.01. The number of nitrogens with one attached hydrogen (secondary N) is 3. The van der Waals surface area contributed by atoms with Crippen LogP contribution in [0.2, 0.25) is 0 Å². The molecule has 1 unspecified atom stereocenters. The molecule has 5 rings (SSSR count). The molecule has 1 aromatic heterocycles. The van der Waals surface area contributed by atoms with E-state index in [2.05, 4.69) is 31.1 Å². The molecule has 0 bridgehead atoms. The average molecular weight is 627 g/mol. The van der Waals surface area contributed by atoms with Crippen molar-refractivity contribution in [3.05, 3.63) is 40.4 Å². The first-order chi connectivity index (χ1) is 20.9. The number of anilines is 1. The summed E-state index contributed by atoms with van der Waals surface area (Å²) in [4.78, 5) is 52.2. The van der Waals surface area contributed by atoms with Crippen LogP contribution in [0, 0.1) is 5.92 Å². The number of thiazole rings is 1. The van der Waals surface area contributed by atoms with Crippen molar-refractivity contribution >= 4 is 45.8 Å². The Labute approximate surface area is 258 Å². The minimum absolute atomic E-state index is 0.0804. The Morgan fingerprint density at radius 2 is 2.14 bits per heavy atom. The molecule has 14 nitrogen and oxygen atoms in total. The van der Waals surface area contributed by atoms with Crippen molar-refractivity contribution in [2.45, 2.75) is 69.7 Å². The lowest BCUT2D eigenvalue weighted by Gasteiger charge is -2.44. The Hall–Kier alpha value is -4.24. The van der Waals surface area contributed by atoms with E-state index >= 15 is 0 Å². The number of hydrogen-bond acceptors (Lipinski definition) is 11. The zero-order valence-corrected chi connectivity index (χ0v) is 25.7. The third kappa shape index (κ3) is 6.48. The molecule has 2 aromatic rings. The van der Waals surface area contributed by atoms with Gasteiger partial charge in [0.2, 0.25) is 5.91 Å². The van der Waals surface area contributed by atoms with Gasteiger partial charge in [-0.3, -0.25) is 14.6 Å². The summed E-state index contributed by atoms with van der Waals surface area (Å²) in [6, 6.07) is 4.62. The standard InChI is InChI=1S/C29H38N8O6S/c1-28(2)22(25(39)36-28)35-24(38)21(18-14-44-27(31)34-18)37-43-29(3,26(40)41)20-7-5-16-12-17(4-6-19(16)42-20)23(30)33-11-9-15-8-10-32-13-15/h4,6,12,14-15,20,22,32H,5,7-11,13H2,1-3H3,(H2,30,33)(H2,31,34)(H,35,38)(H,36,39)(H,40,41)/b37-21-/t15-,20+,22?,29-/m0/s1. The Balaban J connectivity index is 1.31. The van der Waals surface area contributed by atoms with Crippen LogP contribution in [0.3, 0.4) is 0 Å². The van der Waals surface area contributed by atoms with Crippen molar-refractivity contribution in [2.75, 3.05) is 25.4 Å². The molecule has 0 spiro atoms. The average Bonchev–Trinajstić information content (AvgIpc) is 3.67. The van der Waals surface area contributed by atoms with Gasteiger partial charge < -0.3 is 42.1 Å². The number of benzene rings is 1. The van der Waals surface area contributed by atoms with E-state index in [1.165, 1.54) is 12.3 Å². The van der Waals surface area contributed by atoms with E-state index in [1.54, 1.807) is 26.0 Å². The van der Waals surface area contributed by atoms with Gasteiger partial charge in [-0.25, -0.2) is 9.78 Å². The monoisotopic (exact) mass is 626 g/mol. The Bertz CT molecular complexity index is 1500. The maximum absolute atomic E-state index is 13.3. The van der Waals surface area contributed by atoms with Crippen LogP contribution in [-0.4, -0.2) is 82.3 Å². The van der Waals surface area contributed by atoms with Crippen LogP contribution in [0.4, 0.5) is 5.13 Å². The number of aliphatic carboxylic acids is 1. The number of amidine groups is 1. The number of hydrogen-bond donors (Lipinski definition) is 6. The van der Waals surface area contributed by atoms with Gasteiger partial charge in [-0.2, -0.15) is 0 Å². The molecule has 0 radical (unpaired) electrons. The SMILES string of the molecule is CC1(C)NC(=O)C1NC(=O)/C(=N\O[C@](C)(C(=O)O)[C@H]1CCc2cc(C(N)=NCC[C@@H]3CCNC3)ccc2O1)c1csc(N)n1. The first-order valence-corrected chi connectivity index (χ1v) is 15.4. The normalized spacial score (nSPS) is 24.2. The Morgan fingerprint density at radius 3 is 2.77 bits per heavy atom. The lowest BCUT2D eigenvalue weighted by molar-refractivity contribution is -0.178. The summed E-state index contributed by atoms with van der Waals surface area (Å²) in [5, 5.41) is 24.6. The number of nitrogens with two attached hydrogens (primary N) is 2. The largest absolute Gasteiger partial charge is 0.485 e.